The van der Waals surface area contributed by atoms with E-state index in [0.29, 0.717) is 13.2 Å². The number of hydrogen-bond donors (Lipinski definition) is 1. The highest BCUT2D eigenvalue weighted by molar-refractivity contribution is 5.80. The third-order valence-corrected chi connectivity index (χ3v) is 4.17. The van der Waals surface area contributed by atoms with Crippen molar-refractivity contribution in [2.45, 2.75) is 40.2 Å². The molecular formula is C21H27NO3. The SMILES string of the molecule is CCc1ccccc1O[C@@H](C)C(=O)NCCOc1ccc(C)c(C)c1. The van der Waals surface area contributed by atoms with Gasteiger partial charge in [0, 0.05) is 0 Å². The molecule has 0 saturated heterocycles. The summed E-state index contributed by atoms with van der Waals surface area (Å²) in [4.78, 5) is 12.2. The number of hydrogen-bond acceptors (Lipinski definition) is 3. The molecule has 134 valence electrons. The molecule has 1 atom stereocenters. The number of aryl methyl sites for hydroxylation is 3. The summed E-state index contributed by atoms with van der Waals surface area (Å²) in [5.74, 6) is 1.44. The van der Waals surface area contributed by atoms with Crippen molar-refractivity contribution < 1.29 is 14.3 Å². The molecule has 2 aromatic carbocycles. The standard InChI is InChI=1S/C21H27NO3/c1-5-18-8-6-7-9-20(18)25-17(4)21(23)22-12-13-24-19-11-10-15(2)16(3)14-19/h6-11,14,17H,5,12-13H2,1-4H3,(H,22,23)/t17-/m0/s1. The molecule has 25 heavy (non-hydrogen) atoms. The third-order valence-electron chi connectivity index (χ3n) is 4.17. The average molecular weight is 341 g/mol. The van der Waals surface area contributed by atoms with Gasteiger partial charge in [-0.2, -0.15) is 0 Å². The molecule has 0 aliphatic rings. The van der Waals surface area contributed by atoms with E-state index in [1.54, 1.807) is 6.92 Å². The van der Waals surface area contributed by atoms with Crippen molar-refractivity contribution in [2.75, 3.05) is 13.2 Å². The summed E-state index contributed by atoms with van der Waals surface area (Å²) >= 11 is 0. The van der Waals surface area contributed by atoms with Gasteiger partial charge in [-0.3, -0.25) is 4.79 Å². The van der Waals surface area contributed by atoms with E-state index >= 15 is 0 Å². The molecule has 4 nitrogen and oxygen atoms in total. The number of ether oxygens (including phenoxy) is 2. The second-order valence-corrected chi connectivity index (χ2v) is 6.11. The number of benzene rings is 2. The van der Waals surface area contributed by atoms with Crippen LogP contribution in [-0.4, -0.2) is 25.2 Å². The van der Waals surface area contributed by atoms with Crippen LogP contribution in [0, 0.1) is 13.8 Å². The molecular weight excluding hydrogens is 314 g/mol. The number of para-hydroxylation sites is 1. The molecule has 0 bridgehead atoms. The maximum atomic E-state index is 12.2. The fourth-order valence-corrected chi connectivity index (χ4v) is 2.45. The van der Waals surface area contributed by atoms with Gasteiger partial charge in [0.1, 0.15) is 18.1 Å². The van der Waals surface area contributed by atoms with Crippen LogP contribution >= 0.6 is 0 Å². The lowest BCUT2D eigenvalue weighted by molar-refractivity contribution is -0.127. The van der Waals surface area contributed by atoms with Gasteiger partial charge in [-0.15, -0.1) is 0 Å². The molecule has 4 heteroatoms. The fraction of sp³-hybridized carbons (Fsp3) is 0.381. The number of amides is 1. The highest BCUT2D eigenvalue weighted by atomic mass is 16.5. The normalized spacial score (nSPS) is 11.7. The van der Waals surface area contributed by atoms with Crippen LogP contribution in [0.4, 0.5) is 0 Å². The summed E-state index contributed by atoms with van der Waals surface area (Å²) in [6.07, 6.45) is 0.322. The Kier molecular flexibility index (Phi) is 6.87. The molecule has 0 saturated carbocycles. The van der Waals surface area contributed by atoms with Gasteiger partial charge in [-0.25, -0.2) is 0 Å². The van der Waals surface area contributed by atoms with E-state index in [9.17, 15) is 4.79 Å². The first kappa shape index (κ1) is 18.8. The molecule has 0 fully saturated rings. The van der Waals surface area contributed by atoms with Gasteiger partial charge in [-0.05, 0) is 62.1 Å². The third kappa shape index (κ3) is 5.52. The van der Waals surface area contributed by atoms with Gasteiger partial charge in [0.25, 0.3) is 5.91 Å². The average Bonchev–Trinajstić information content (AvgIpc) is 2.61. The topological polar surface area (TPSA) is 47.6 Å². The summed E-state index contributed by atoms with van der Waals surface area (Å²) in [6, 6.07) is 13.8. The summed E-state index contributed by atoms with van der Waals surface area (Å²) in [6.45, 7) is 8.80. The smallest absolute Gasteiger partial charge is 0.260 e. The van der Waals surface area contributed by atoms with E-state index < -0.39 is 6.10 Å². The molecule has 0 unspecified atom stereocenters. The Hall–Kier alpha value is -2.49. The van der Waals surface area contributed by atoms with Gasteiger partial charge in [0.2, 0.25) is 0 Å². The monoisotopic (exact) mass is 341 g/mol. The Labute approximate surface area is 150 Å². The predicted molar refractivity (Wildman–Crippen MR) is 100 cm³/mol. The summed E-state index contributed by atoms with van der Waals surface area (Å²) in [7, 11) is 0. The van der Waals surface area contributed by atoms with Crippen LogP contribution in [0.25, 0.3) is 0 Å². The molecule has 0 aliphatic heterocycles. The molecule has 1 N–H and O–H groups in total. The molecule has 1 amide bonds. The quantitative estimate of drug-likeness (QED) is 0.742. The van der Waals surface area contributed by atoms with Gasteiger partial charge in [0.15, 0.2) is 6.10 Å². The maximum absolute atomic E-state index is 12.2. The Bertz CT molecular complexity index is 712. The first-order valence-corrected chi connectivity index (χ1v) is 8.73. The minimum absolute atomic E-state index is 0.144. The molecule has 0 aromatic heterocycles. The van der Waals surface area contributed by atoms with Crippen LogP contribution in [0.1, 0.15) is 30.5 Å². The zero-order valence-corrected chi connectivity index (χ0v) is 15.5. The lowest BCUT2D eigenvalue weighted by Crippen LogP contribution is -2.38. The Balaban J connectivity index is 1.76. The van der Waals surface area contributed by atoms with Crippen LogP contribution < -0.4 is 14.8 Å². The minimum Gasteiger partial charge on any atom is -0.492 e. The van der Waals surface area contributed by atoms with Crippen LogP contribution in [0.15, 0.2) is 42.5 Å². The minimum atomic E-state index is -0.547. The molecule has 2 rings (SSSR count). The Morgan fingerprint density at radius 1 is 1.12 bits per heavy atom. The van der Waals surface area contributed by atoms with E-state index in [2.05, 4.69) is 26.1 Å². The molecule has 0 heterocycles. The van der Waals surface area contributed by atoms with Crippen LogP contribution in [-0.2, 0) is 11.2 Å². The van der Waals surface area contributed by atoms with Crippen LogP contribution in [0.3, 0.4) is 0 Å². The second kappa shape index (κ2) is 9.11. The van der Waals surface area contributed by atoms with Crippen LogP contribution in [0.5, 0.6) is 11.5 Å². The number of carbonyl (C=O) groups excluding carboxylic acids is 1. The zero-order valence-electron chi connectivity index (χ0n) is 15.5. The zero-order chi connectivity index (χ0) is 18.2. The molecule has 0 aliphatic carbocycles. The number of nitrogens with one attached hydrogen (secondary N) is 1. The van der Waals surface area contributed by atoms with Crippen molar-refractivity contribution in [1.29, 1.82) is 0 Å². The van der Waals surface area contributed by atoms with Crippen LogP contribution in [0.2, 0.25) is 0 Å². The van der Waals surface area contributed by atoms with Gasteiger partial charge in [-0.1, -0.05) is 31.2 Å². The number of carbonyl (C=O) groups is 1. The lowest BCUT2D eigenvalue weighted by Gasteiger charge is -2.17. The summed E-state index contributed by atoms with van der Waals surface area (Å²) in [5, 5.41) is 2.85. The van der Waals surface area contributed by atoms with Crippen molar-refractivity contribution in [3.63, 3.8) is 0 Å². The Morgan fingerprint density at radius 3 is 2.60 bits per heavy atom. The van der Waals surface area contributed by atoms with E-state index in [1.165, 1.54) is 11.1 Å². The van der Waals surface area contributed by atoms with Crippen molar-refractivity contribution >= 4 is 5.91 Å². The van der Waals surface area contributed by atoms with Crippen molar-refractivity contribution in [3.8, 4) is 11.5 Å². The van der Waals surface area contributed by atoms with Gasteiger partial charge >= 0.3 is 0 Å². The van der Waals surface area contributed by atoms with E-state index in [0.717, 1.165) is 23.5 Å². The molecule has 0 radical (unpaired) electrons. The summed E-state index contributed by atoms with van der Waals surface area (Å²) < 4.78 is 11.5. The predicted octanol–water partition coefficient (Wildman–Crippen LogP) is 3.83. The first-order valence-electron chi connectivity index (χ1n) is 8.73. The fourth-order valence-electron chi connectivity index (χ4n) is 2.45. The molecule has 2 aromatic rings. The van der Waals surface area contributed by atoms with Crippen molar-refractivity contribution in [1.82, 2.24) is 5.32 Å². The van der Waals surface area contributed by atoms with Crippen molar-refractivity contribution in [3.05, 3.63) is 59.2 Å². The maximum Gasteiger partial charge on any atom is 0.260 e. The summed E-state index contributed by atoms with van der Waals surface area (Å²) in [5.41, 5.74) is 3.53. The first-order chi connectivity index (χ1) is 12.0. The van der Waals surface area contributed by atoms with E-state index in [4.69, 9.17) is 9.47 Å². The highest BCUT2D eigenvalue weighted by Crippen LogP contribution is 2.19. The number of rotatable bonds is 8. The highest BCUT2D eigenvalue weighted by Gasteiger charge is 2.15. The molecule has 0 spiro atoms. The van der Waals surface area contributed by atoms with Gasteiger partial charge < -0.3 is 14.8 Å². The van der Waals surface area contributed by atoms with Gasteiger partial charge in [0.05, 0.1) is 6.54 Å². The lowest BCUT2D eigenvalue weighted by atomic mass is 10.1. The van der Waals surface area contributed by atoms with E-state index in [-0.39, 0.29) is 5.91 Å². The van der Waals surface area contributed by atoms with Crippen molar-refractivity contribution in [2.24, 2.45) is 0 Å². The second-order valence-electron chi connectivity index (χ2n) is 6.11. The Morgan fingerprint density at radius 2 is 1.88 bits per heavy atom. The van der Waals surface area contributed by atoms with E-state index in [1.807, 2.05) is 42.5 Å². The largest absolute Gasteiger partial charge is 0.492 e.